The number of amides is 1. The molecule has 4 nitrogen and oxygen atoms in total. The van der Waals surface area contributed by atoms with Gasteiger partial charge in [0.15, 0.2) is 4.99 Å². The van der Waals surface area contributed by atoms with Crippen LogP contribution in [0, 0.1) is 0 Å². The highest BCUT2D eigenvalue weighted by atomic mass is 32.1. The highest BCUT2D eigenvalue weighted by Gasteiger charge is 2.24. The van der Waals surface area contributed by atoms with Crippen molar-refractivity contribution >= 4 is 28.8 Å². The van der Waals surface area contributed by atoms with E-state index < -0.39 is 0 Å². The maximum atomic E-state index is 11.9. The van der Waals surface area contributed by atoms with Crippen molar-refractivity contribution in [2.24, 2.45) is 0 Å². The van der Waals surface area contributed by atoms with Crippen molar-refractivity contribution in [1.82, 2.24) is 5.32 Å². The lowest BCUT2D eigenvalue weighted by molar-refractivity contribution is -0.110. The highest BCUT2D eigenvalue weighted by Crippen LogP contribution is 2.20. The number of carbonyl (C=O) groups excluding carboxylic acids is 1. The standard InChI is InChI=1S/C14H18N2O2S/c1-9(2)18-12-5-3-4-11(8-12)15-13(17)14(19)16-10-6-7-10/h3-5,8-10H,6-7H2,1-2H3,(H,15,17)(H,16,19). The number of carbonyl (C=O) groups is 1. The summed E-state index contributed by atoms with van der Waals surface area (Å²) in [4.78, 5) is 12.1. The van der Waals surface area contributed by atoms with E-state index in [1.54, 1.807) is 6.07 Å². The van der Waals surface area contributed by atoms with Gasteiger partial charge in [0.2, 0.25) is 0 Å². The third-order valence-electron chi connectivity index (χ3n) is 2.58. The summed E-state index contributed by atoms with van der Waals surface area (Å²) in [5.74, 6) is 0.456. The zero-order chi connectivity index (χ0) is 13.8. The van der Waals surface area contributed by atoms with Crippen LogP contribution in [0.15, 0.2) is 24.3 Å². The van der Waals surface area contributed by atoms with Gasteiger partial charge in [-0.1, -0.05) is 18.3 Å². The maximum absolute atomic E-state index is 11.9. The van der Waals surface area contributed by atoms with E-state index in [2.05, 4.69) is 10.6 Å². The Morgan fingerprint density at radius 3 is 2.79 bits per heavy atom. The van der Waals surface area contributed by atoms with E-state index >= 15 is 0 Å². The van der Waals surface area contributed by atoms with Gasteiger partial charge in [-0.2, -0.15) is 0 Å². The topological polar surface area (TPSA) is 50.4 Å². The van der Waals surface area contributed by atoms with Crippen molar-refractivity contribution in [3.05, 3.63) is 24.3 Å². The Kier molecular flexibility index (Phi) is 4.37. The van der Waals surface area contributed by atoms with Crippen molar-refractivity contribution in [1.29, 1.82) is 0 Å². The molecule has 0 atom stereocenters. The molecule has 1 aliphatic rings. The van der Waals surface area contributed by atoms with Crippen LogP contribution in [0.5, 0.6) is 5.75 Å². The van der Waals surface area contributed by atoms with Gasteiger partial charge in [0.1, 0.15) is 5.75 Å². The Hall–Kier alpha value is -1.62. The number of anilines is 1. The zero-order valence-electron chi connectivity index (χ0n) is 11.1. The first kappa shape index (κ1) is 13.8. The van der Waals surface area contributed by atoms with Gasteiger partial charge < -0.3 is 15.4 Å². The van der Waals surface area contributed by atoms with E-state index in [1.165, 1.54) is 0 Å². The van der Waals surface area contributed by atoms with Crippen LogP contribution in [0.3, 0.4) is 0 Å². The second kappa shape index (κ2) is 6.02. The summed E-state index contributed by atoms with van der Waals surface area (Å²) in [6, 6.07) is 7.68. The number of rotatable bonds is 4. The molecule has 0 spiro atoms. The summed E-state index contributed by atoms with van der Waals surface area (Å²) in [7, 11) is 0. The van der Waals surface area contributed by atoms with Gasteiger partial charge in [-0.15, -0.1) is 0 Å². The first-order chi connectivity index (χ1) is 9.04. The fourth-order valence-electron chi connectivity index (χ4n) is 1.59. The highest BCUT2D eigenvalue weighted by molar-refractivity contribution is 7.82. The average Bonchev–Trinajstić information content (AvgIpc) is 3.12. The fraction of sp³-hybridized carbons (Fsp3) is 0.429. The molecule has 0 bridgehead atoms. The summed E-state index contributed by atoms with van der Waals surface area (Å²) < 4.78 is 5.57. The number of thiocarbonyl (C=S) groups is 1. The number of hydrogen-bond acceptors (Lipinski definition) is 3. The number of nitrogens with one attached hydrogen (secondary N) is 2. The second-order valence-electron chi connectivity index (χ2n) is 4.90. The van der Waals surface area contributed by atoms with Crippen molar-refractivity contribution in [2.75, 3.05) is 5.32 Å². The van der Waals surface area contributed by atoms with Crippen LogP contribution in [-0.4, -0.2) is 23.0 Å². The van der Waals surface area contributed by atoms with Crippen molar-refractivity contribution in [3.63, 3.8) is 0 Å². The largest absolute Gasteiger partial charge is 0.491 e. The molecule has 1 aromatic carbocycles. The lowest BCUT2D eigenvalue weighted by atomic mass is 10.3. The van der Waals surface area contributed by atoms with Crippen LogP contribution in [0.2, 0.25) is 0 Å². The molecule has 19 heavy (non-hydrogen) atoms. The maximum Gasteiger partial charge on any atom is 0.283 e. The van der Waals surface area contributed by atoms with Crippen LogP contribution in [0.1, 0.15) is 26.7 Å². The van der Waals surface area contributed by atoms with Gasteiger partial charge in [0.05, 0.1) is 6.10 Å². The second-order valence-corrected chi connectivity index (χ2v) is 5.30. The average molecular weight is 278 g/mol. The molecule has 0 radical (unpaired) electrons. The van der Waals surface area contributed by atoms with E-state index in [0.717, 1.165) is 18.6 Å². The Balaban J connectivity index is 1.93. The molecule has 1 saturated carbocycles. The molecule has 0 unspecified atom stereocenters. The zero-order valence-corrected chi connectivity index (χ0v) is 11.9. The van der Waals surface area contributed by atoms with Crippen LogP contribution in [-0.2, 0) is 4.79 Å². The lowest BCUT2D eigenvalue weighted by Gasteiger charge is -2.12. The SMILES string of the molecule is CC(C)Oc1cccc(NC(=O)C(=S)NC2CC2)c1. The van der Waals surface area contributed by atoms with E-state index in [0.29, 0.717) is 11.7 Å². The first-order valence-electron chi connectivity index (χ1n) is 6.43. The molecule has 1 amide bonds. The summed E-state index contributed by atoms with van der Waals surface area (Å²) in [6.07, 6.45) is 2.28. The summed E-state index contributed by atoms with van der Waals surface area (Å²) in [5, 5.41) is 5.77. The Morgan fingerprint density at radius 1 is 1.42 bits per heavy atom. The number of ether oxygens (including phenoxy) is 1. The first-order valence-corrected chi connectivity index (χ1v) is 6.84. The summed E-state index contributed by atoms with van der Waals surface area (Å²) in [6.45, 7) is 3.92. The molecule has 2 rings (SSSR count). The quantitative estimate of drug-likeness (QED) is 0.831. The van der Waals surface area contributed by atoms with Gasteiger partial charge in [-0.25, -0.2) is 0 Å². The molecule has 1 fully saturated rings. The molecule has 102 valence electrons. The van der Waals surface area contributed by atoms with Crippen LogP contribution >= 0.6 is 12.2 Å². The third-order valence-corrected chi connectivity index (χ3v) is 2.89. The van der Waals surface area contributed by atoms with E-state index in [1.807, 2.05) is 32.0 Å². The van der Waals surface area contributed by atoms with Crippen molar-refractivity contribution in [2.45, 2.75) is 38.8 Å². The van der Waals surface area contributed by atoms with Gasteiger partial charge in [0.25, 0.3) is 5.91 Å². The molecule has 0 heterocycles. The van der Waals surface area contributed by atoms with Crippen LogP contribution in [0.4, 0.5) is 5.69 Å². The Bertz CT molecular complexity index is 484. The predicted octanol–water partition coefficient (Wildman–Crippen LogP) is 2.49. The lowest BCUT2D eigenvalue weighted by Crippen LogP contribution is -2.35. The third kappa shape index (κ3) is 4.52. The minimum atomic E-state index is -0.274. The molecule has 5 heteroatoms. The van der Waals surface area contributed by atoms with Gasteiger partial charge in [-0.3, -0.25) is 4.79 Å². The molecule has 0 aliphatic heterocycles. The fourth-order valence-corrected chi connectivity index (χ4v) is 1.80. The van der Waals surface area contributed by atoms with E-state index in [-0.39, 0.29) is 17.0 Å². The summed E-state index contributed by atoms with van der Waals surface area (Å²) >= 11 is 5.04. The van der Waals surface area contributed by atoms with E-state index in [9.17, 15) is 4.79 Å². The molecule has 0 saturated heterocycles. The molecular formula is C14H18N2O2S. The number of hydrogen-bond donors (Lipinski definition) is 2. The Labute approximate surface area is 118 Å². The molecule has 1 aliphatic carbocycles. The predicted molar refractivity (Wildman–Crippen MR) is 79.6 cm³/mol. The molecule has 1 aromatic rings. The van der Waals surface area contributed by atoms with Crippen molar-refractivity contribution < 1.29 is 9.53 Å². The van der Waals surface area contributed by atoms with Gasteiger partial charge in [-0.05, 0) is 38.8 Å². The molecule has 2 N–H and O–H groups in total. The smallest absolute Gasteiger partial charge is 0.283 e. The minimum Gasteiger partial charge on any atom is -0.491 e. The minimum absolute atomic E-state index is 0.101. The van der Waals surface area contributed by atoms with Crippen LogP contribution in [0.25, 0.3) is 0 Å². The van der Waals surface area contributed by atoms with Gasteiger partial charge >= 0.3 is 0 Å². The Morgan fingerprint density at radius 2 is 2.16 bits per heavy atom. The monoisotopic (exact) mass is 278 g/mol. The van der Waals surface area contributed by atoms with Gasteiger partial charge in [0, 0.05) is 17.8 Å². The number of benzene rings is 1. The van der Waals surface area contributed by atoms with Crippen LogP contribution < -0.4 is 15.4 Å². The van der Waals surface area contributed by atoms with E-state index in [4.69, 9.17) is 17.0 Å². The summed E-state index contributed by atoms with van der Waals surface area (Å²) in [5.41, 5.74) is 0.683. The molecule has 0 aromatic heterocycles. The molecular weight excluding hydrogens is 260 g/mol. The normalized spacial score (nSPS) is 14.1. The van der Waals surface area contributed by atoms with Crippen molar-refractivity contribution in [3.8, 4) is 5.75 Å².